The molecule has 3 heterocycles. The van der Waals surface area contributed by atoms with E-state index in [4.69, 9.17) is 9.84 Å². The van der Waals surface area contributed by atoms with Crippen LogP contribution in [0, 0.1) is 0 Å². The van der Waals surface area contributed by atoms with Gasteiger partial charge in [0.25, 0.3) is 0 Å². The van der Waals surface area contributed by atoms with Gasteiger partial charge in [0.1, 0.15) is 5.82 Å². The van der Waals surface area contributed by atoms with Crippen molar-refractivity contribution in [1.82, 2.24) is 20.4 Å². The Bertz CT molecular complexity index is 1100. The SMILES string of the molecule is COCC[C@@]1(NC(=O)Nc2c3c(nn2-c2ccccc2)CSC3)CNC[C@H]1c1ccccc1. The Morgan fingerprint density at radius 1 is 1.18 bits per heavy atom. The molecule has 33 heavy (non-hydrogen) atoms. The molecule has 172 valence electrons. The Morgan fingerprint density at radius 3 is 2.70 bits per heavy atom. The molecule has 1 aromatic heterocycles. The monoisotopic (exact) mass is 463 g/mol. The van der Waals surface area contributed by atoms with Crippen LogP contribution in [0.2, 0.25) is 0 Å². The number of nitrogens with zero attached hydrogens (tertiary/aromatic N) is 2. The second-order valence-electron chi connectivity index (χ2n) is 8.59. The van der Waals surface area contributed by atoms with Crippen LogP contribution in [0.1, 0.15) is 29.2 Å². The highest BCUT2D eigenvalue weighted by Gasteiger charge is 2.44. The number of carbonyl (C=O) groups is 1. The number of para-hydroxylation sites is 1. The first-order valence-corrected chi connectivity index (χ1v) is 12.4. The molecule has 1 fully saturated rings. The van der Waals surface area contributed by atoms with Crippen molar-refractivity contribution in [2.75, 3.05) is 32.1 Å². The van der Waals surface area contributed by atoms with Gasteiger partial charge in [-0.1, -0.05) is 48.5 Å². The van der Waals surface area contributed by atoms with Crippen molar-refractivity contribution < 1.29 is 9.53 Å². The molecular formula is C25H29N5O2S. The molecule has 3 aromatic rings. The lowest BCUT2D eigenvalue weighted by atomic mass is 9.79. The number of methoxy groups -OCH3 is 1. The summed E-state index contributed by atoms with van der Waals surface area (Å²) in [6.07, 6.45) is 0.718. The highest BCUT2D eigenvalue weighted by atomic mass is 32.2. The zero-order valence-corrected chi connectivity index (χ0v) is 19.5. The van der Waals surface area contributed by atoms with Crippen LogP contribution in [0.25, 0.3) is 5.69 Å². The minimum Gasteiger partial charge on any atom is -0.385 e. The predicted octanol–water partition coefficient (Wildman–Crippen LogP) is 3.90. The third-order valence-corrected chi connectivity index (χ3v) is 7.53. The van der Waals surface area contributed by atoms with Gasteiger partial charge in [0, 0.05) is 49.8 Å². The Morgan fingerprint density at radius 2 is 1.94 bits per heavy atom. The zero-order valence-electron chi connectivity index (χ0n) is 18.7. The van der Waals surface area contributed by atoms with Gasteiger partial charge in [0.2, 0.25) is 0 Å². The minimum absolute atomic E-state index is 0.153. The number of anilines is 1. The lowest BCUT2D eigenvalue weighted by Gasteiger charge is -2.36. The molecule has 0 radical (unpaired) electrons. The molecule has 0 aliphatic carbocycles. The number of aromatic nitrogens is 2. The molecule has 2 aliphatic rings. The highest BCUT2D eigenvalue weighted by Crippen LogP contribution is 2.37. The van der Waals surface area contributed by atoms with Crippen molar-refractivity contribution >= 4 is 23.6 Å². The number of urea groups is 1. The zero-order chi connectivity index (χ0) is 22.7. The number of thioether (sulfide) groups is 1. The van der Waals surface area contributed by atoms with Crippen molar-refractivity contribution in [3.8, 4) is 5.69 Å². The van der Waals surface area contributed by atoms with E-state index in [2.05, 4.69) is 28.1 Å². The summed E-state index contributed by atoms with van der Waals surface area (Å²) in [6, 6.07) is 20.1. The Hall–Kier alpha value is -2.81. The standard InChI is InChI=1S/C25H29N5O2S/c1-32-13-12-25(17-26-14-21(25)18-8-4-2-5-9-18)28-24(31)27-23-20-15-33-16-22(20)29-30(23)19-10-6-3-7-11-19/h2-11,21,26H,12-17H2,1H3,(H2,27,28,31)/t21-,25+/m0/s1. The summed E-state index contributed by atoms with van der Waals surface area (Å²) < 4.78 is 7.28. The summed E-state index contributed by atoms with van der Waals surface area (Å²) >= 11 is 1.82. The van der Waals surface area contributed by atoms with Crippen LogP contribution in [-0.2, 0) is 16.2 Å². The first-order valence-electron chi connectivity index (χ1n) is 11.3. The third-order valence-electron chi connectivity index (χ3n) is 6.56. The molecule has 2 atom stereocenters. The summed E-state index contributed by atoms with van der Waals surface area (Å²) in [5.41, 5.74) is 3.85. The topological polar surface area (TPSA) is 80.2 Å². The fourth-order valence-corrected chi connectivity index (χ4v) is 5.92. The van der Waals surface area contributed by atoms with E-state index >= 15 is 0 Å². The fourth-order valence-electron chi connectivity index (χ4n) is 4.88. The molecule has 3 N–H and O–H groups in total. The number of benzene rings is 2. The van der Waals surface area contributed by atoms with Gasteiger partial charge in [-0.3, -0.25) is 5.32 Å². The van der Waals surface area contributed by atoms with Crippen molar-refractivity contribution in [3.63, 3.8) is 0 Å². The molecule has 0 spiro atoms. The molecule has 2 aromatic carbocycles. The van der Waals surface area contributed by atoms with Gasteiger partial charge in [-0.05, 0) is 24.1 Å². The number of amides is 2. The van der Waals surface area contributed by atoms with Crippen LogP contribution in [-0.4, -0.2) is 48.2 Å². The summed E-state index contributed by atoms with van der Waals surface area (Å²) in [4.78, 5) is 13.5. The maximum atomic E-state index is 13.5. The van der Waals surface area contributed by atoms with Crippen LogP contribution >= 0.6 is 11.8 Å². The van der Waals surface area contributed by atoms with Crippen molar-refractivity contribution in [2.24, 2.45) is 0 Å². The number of nitrogens with one attached hydrogen (secondary N) is 3. The number of rotatable bonds is 7. The van der Waals surface area contributed by atoms with Crippen LogP contribution in [0.15, 0.2) is 60.7 Å². The average Bonchev–Trinajstić information content (AvgIpc) is 3.55. The number of carbonyl (C=O) groups excluding carboxylic acids is 1. The lowest BCUT2D eigenvalue weighted by Crippen LogP contribution is -2.55. The largest absolute Gasteiger partial charge is 0.385 e. The van der Waals surface area contributed by atoms with E-state index in [1.807, 2.05) is 65.0 Å². The summed E-state index contributed by atoms with van der Waals surface area (Å²) in [7, 11) is 1.70. The number of ether oxygens (including phenoxy) is 1. The van der Waals surface area contributed by atoms with Crippen molar-refractivity contribution in [3.05, 3.63) is 77.5 Å². The van der Waals surface area contributed by atoms with Crippen LogP contribution in [0.4, 0.5) is 10.6 Å². The van der Waals surface area contributed by atoms with Gasteiger partial charge in [-0.25, -0.2) is 9.48 Å². The molecular weight excluding hydrogens is 434 g/mol. The van der Waals surface area contributed by atoms with E-state index in [0.717, 1.165) is 47.2 Å². The van der Waals surface area contributed by atoms with Crippen LogP contribution in [0.5, 0.6) is 0 Å². The Balaban J connectivity index is 1.43. The molecule has 7 nitrogen and oxygen atoms in total. The van der Waals surface area contributed by atoms with Gasteiger partial charge in [0.05, 0.1) is 16.9 Å². The second-order valence-corrected chi connectivity index (χ2v) is 9.57. The van der Waals surface area contributed by atoms with E-state index in [0.29, 0.717) is 13.2 Å². The van der Waals surface area contributed by atoms with E-state index in [1.165, 1.54) is 5.56 Å². The number of fused-ring (bicyclic) bond motifs is 1. The van der Waals surface area contributed by atoms with Gasteiger partial charge in [-0.15, -0.1) is 0 Å². The molecule has 0 unspecified atom stereocenters. The number of hydrogen-bond donors (Lipinski definition) is 3. The molecule has 2 amide bonds. The van der Waals surface area contributed by atoms with Gasteiger partial charge in [-0.2, -0.15) is 16.9 Å². The van der Waals surface area contributed by atoms with E-state index in [-0.39, 0.29) is 11.9 Å². The summed E-state index contributed by atoms with van der Waals surface area (Å²) in [5.74, 6) is 2.62. The van der Waals surface area contributed by atoms with Gasteiger partial charge < -0.3 is 15.4 Å². The van der Waals surface area contributed by atoms with Gasteiger partial charge in [0.15, 0.2) is 0 Å². The van der Waals surface area contributed by atoms with Crippen molar-refractivity contribution in [2.45, 2.75) is 29.4 Å². The molecule has 0 bridgehead atoms. The Kier molecular flexibility index (Phi) is 6.39. The fraction of sp³-hybridized carbons (Fsp3) is 0.360. The van der Waals surface area contributed by atoms with E-state index in [1.54, 1.807) is 7.11 Å². The predicted molar refractivity (Wildman–Crippen MR) is 132 cm³/mol. The lowest BCUT2D eigenvalue weighted by molar-refractivity contribution is 0.155. The maximum Gasteiger partial charge on any atom is 0.320 e. The molecule has 1 saturated heterocycles. The molecule has 5 rings (SSSR count). The maximum absolute atomic E-state index is 13.5. The third kappa shape index (κ3) is 4.38. The molecule has 2 aliphatic heterocycles. The summed E-state index contributed by atoms with van der Waals surface area (Å²) in [5, 5.41) is 14.8. The van der Waals surface area contributed by atoms with E-state index in [9.17, 15) is 4.79 Å². The van der Waals surface area contributed by atoms with Crippen LogP contribution < -0.4 is 16.0 Å². The minimum atomic E-state index is -0.447. The number of hydrogen-bond acceptors (Lipinski definition) is 5. The second kappa shape index (κ2) is 9.59. The highest BCUT2D eigenvalue weighted by molar-refractivity contribution is 7.98. The molecule has 8 heteroatoms. The van der Waals surface area contributed by atoms with Gasteiger partial charge >= 0.3 is 6.03 Å². The van der Waals surface area contributed by atoms with Crippen LogP contribution in [0.3, 0.4) is 0 Å². The summed E-state index contributed by atoms with van der Waals surface area (Å²) in [6.45, 7) is 2.07. The van der Waals surface area contributed by atoms with Crippen molar-refractivity contribution in [1.29, 1.82) is 0 Å². The van der Waals surface area contributed by atoms with E-state index < -0.39 is 5.54 Å². The smallest absolute Gasteiger partial charge is 0.320 e. The normalized spacial score (nSPS) is 21.7. The first-order chi connectivity index (χ1) is 16.2. The first kappa shape index (κ1) is 22.0. The Labute approximate surface area is 198 Å². The molecule has 0 saturated carbocycles. The quantitative estimate of drug-likeness (QED) is 0.495. The average molecular weight is 464 g/mol.